The van der Waals surface area contributed by atoms with Gasteiger partial charge >= 0.3 is 0 Å². The zero-order valence-electron chi connectivity index (χ0n) is 15.1. The fourth-order valence-corrected chi connectivity index (χ4v) is 4.59. The Hall–Kier alpha value is -1.09. The SMILES string of the molecule is CC(N)CCNC(=O)c1cc(S(=O)(=O)N2CCCC(C)C2)cn1C.Cl. The van der Waals surface area contributed by atoms with E-state index in [0.717, 1.165) is 12.8 Å². The van der Waals surface area contributed by atoms with Crippen molar-refractivity contribution in [2.75, 3.05) is 19.6 Å². The third-order valence-corrected chi connectivity index (χ3v) is 6.19. The van der Waals surface area contributed by atoms with Gasteiger partial charge < -0.3 is 15.6 Å². The zero-order chi connectivity index (χ0) is 17.9. The van der Waals surface area contributed by atoms with Crippen LogP contribution in [0, 0.1) is 5.92 Å². The Labute approximate surface area is 156 Å². The Balaban J connectivity index is 0.00000312. The van der Waals surface area contributed by atoms with Crippen LogP contribution >= 0.6 is 12.4 Å². The predicted molar refractivity (Wildman–Crippen MR) is 100 cm³/mol. The van der Waals surface area contributed by atoms with Crippen LogP contribution in [0.4, 0.5) is 0 Å². The zero-order valence-corrected chi connectivity index (χ0v) is 16.7. The molecule has 1 aromatic heterocycles. The molecule has 9 heteroatoms. The third-order valence-electron chi connectivity index (χ3n) is 4.36. The molecular formula is C16H29ClN4O3S. The second-order valence-corrected chi connectivity index (χ2v) is 8.74. The number of aryl methyl sites for hydroxylation is 1. The topological polar surface area (TPSA) is 97.4 Å². The monoisotopic (exact) mass is 392 g/mol. The Morgan fingerprint density at radius 1 is 1.48 bits per heavy atom. The summed E-state index contributed by atoms with van der Waals surface area (Å²) in [6.07, 6.45) is 4.11. The first-order valence-corrected chi connectivity index (χ1v) is 9.86. The molecule has 1 aliphatic rings. The molecule has 0 spiro atoms. The minimum atomic E-state index is -3.55. The maximum atomic E-state index is 12.8. The van der Waals surface area contributed by atoms with E-state index in [2.05, 4.69) is 12.2 Å². The molecule has 2 atom stereocenters. The van der Waals surface area contributed by atoms with Crippen LogP contribution in [-0.2, 0) is 17.1 Å². The number of hydrogen-bond acceptors (Lipinski definition) is 4. The molecule has 2 rings (SSSR count). The van der Waals surface area contributed by atoms with E-state index in [1.165, 1.54) is 16.6 Å². The molecule has 25 heavy (non-hydrogen) atoms. The average molecular weight is 393 g/mol. The number of rotatable bonds is 6. The van der Waals surface area contributed by atoms with Gasteiger partial charge in [-0.1, -0.05) is 6.92 Å². The lowest BCUT2D eigenvalue weighted by Gasteiger charge is -2.29. The lowest BCUT2D eigenvalue weighted by Crippen LogP contribution is -2.38. The van der Waals surface area contributed by atoms with Crippen molar-refractivity contribution < 1.29 is 13.2 Å². The highest BCUT2D eigenvalue weighted by Crippen LogP contribution is 2.24. The number of carbonyl (C=O) groups is 1. The molecular weight excluding hydrogens is 364 g/mol. The summed E-state index contributed by atoms with van der Waals surface area (Å²) in [5.41, 5.74) is 6.00. The van der Waals surface area contributed by atoms with E-state index in [0.29, 0.717) is 37.7 Å². The summed E-state index contributed by atoms with van der Waals surface area (Å²) in [4.78, 5) is 12.4. The number of nitrogens with one attached hydrogen (secondary N) is 1. The van der Waals surface area contributed by atoms with Gasteiger partial charge in [-0.2, -0.15) is 4.31 Å². The molecule has 144 valence electrons. The molecule has 1 amide bonds. The highest BCUT2D eigenvalue weighted by atomic mass is 35.5. The van der Waals surface area contributed by atoms with Crippen molar-refractivity contribution in [3.63, 3.8) is 0 Å². The predicted octanol–water partition coefficient (Wildman–Crippen LogP) is 1.33. The normalized spacial score (nSPS) is 19.9. The second kappa shape index (κ2) is 9.02. The van der Waals surface area contributed by atoms with Gasteiger partial charge in [0, 0.05) is 38.9 Å². The molecule has 2 heterocycles. The van der Waals surface area contributed by atoms with Crippen molar-refractivity contribution in [3.8, 4) is 0 Å². The minimum Gasteiger partial charge on any atom is -0.351 e. The Morgan fingerprint density at radius 2 is 2.16 bits per heavy atom. The van der Waals surface area contributed by atoms with Gasteiger partial charge in [0.05, 0.1) is 0 Å². The standard InChI is InChI=1S/C16H28N4O3S.ClH/c1-12-5-4-8-20(10-12)24(22,23)14-9-15(19(3)11-14)16(21)18-7-6-13(2)17;/h9,11-13H,4-8,10,17H2,1-3H3,(H,18,21);1H. The number of hydrogen-bond donors (Lipinski definition) is 2. The summed E-state index contributed by atoms with van der Waals surface area (Å²) in [6, 6.07) is 1.46. The lowest BCUT2D eigenvalue weighted by molar-refractivity contribution is 0.0944. The number of sulfonamides is 1. The van der Waals surface area contributed by atoms with Crippen LogP contribution in [-0.4, -0.2) is 48.9 Å². The average Bonchev–Trinajstić information content (AvgIpc) is 2.89. The first-order chi connectivity index (χ1) is 11.2. The highest BCUT2D eigenvalue weighted by molar-refractivity contribution is 7.89. The van der Waals surface area contributed by atoms with Crippen molar-refractivity contribution in [1.82, 2.24) is 14.2 Å². The maximum Gasteiger partial charge on any atom is 0.267 e. The first-order valence-electron chi connectivity index (χ1n) is 8.42. The van der Waals surface area contributed by atoms with Gasteiger partial charge in [0.15, 0.2) is 0 Å². The molecule has 1 aliphatic heterocycles. The number of nitrogens with two attached hydrogens (primary N) is 1. The Kier molecular flexibility index (Phi) is 7.92. The van der Waals surface area contributed by atoms with Crippen LogP contribution in [0.3, 0.4) is 0 Å². The fourth-order valence-electron chi connectivity index (χ4n) is 2.92. The molecule has 1 aromatic rings. The molecule has 0 bridgehead atoms. The van der Waals surface area contributed by atoms with Gasteiger partial charge in [0.25, 0.3) is 5.91 Å². The van der Waals surface area contributed by atoms with Gasteiger partial charge in [-0.15, -0.1) is 12.4 Å². The summed E-state index contributed by atoms with van der Waals surface area (Å²) < 4.78 is 28.7. The van der Waals surface area contributed by atoms with Crippen molar-refractivity contribution in [2.45, 2.75) is 44.0 Å². The number of nitrogens with zero attached hydrogens (tertiary/aromatic N) is 2. The van der Waals surface area contributed by atoms with E-state index in [9.17, 15) is 13.2 Å². The molecule has 0 radical (unpaired) electrons. The lowest BCUT2D eigenvalue weighted by atomic mass is 10.0. The van der Waals surface area contributed by atoms with Crippen LogP contribution in [0.25, 0.3) is 0 Å². The highest BCUT2D eigenvalue weighted by Gasteiger charge is 2.30. The van der Waals surface area contributed by atoms with Gasteiger partial charge in [0.1, 0.15) is 10.6 Å². The summed E-state index contributed by atoms with van der Waals surface area (Å²) in [6.45, 7) is 5.47. The smallest absolute Gasteiger partial charge is 0.267 e. The van der Waals surface area contributed by atoms with Gasteiger partial charge in [-0.05, 0) is 38.2 Å². The van der Waals surface area contributed by atoms with E-state index in [4.69, 9.17) is 5.73 Å². The largest absolute Gasteiger partial charge is 0.351 e. The number of piperidine rings is 1. The van der Waals surface area contributed by atoms with E-state index in [-0.39, 0.29) is 29.3 Å². The van der Waals surface area contributed by atoms with Crippen LogP contribution in [0.2, 0.25) is 0 Å². The van der Waals surface area contributed by atoms with Crippen molar-refractivity contribution in [3.05, 3.63) is 18.0 Å². The maximum absolute atomic E-state index is 12.8. The third kappa shape index (κ3) is 5.44. The molecule has 2 unspecified atom stereocenters. The Morgan fingerprint density at radius 3 is 2.76 bits per heavy atom. The summed E-state index contributed by atoms with van der Waals surface area (Å²) in [5.74, 6) is 0.0740. The van der Waals surface area contributed by atoms with E-state index in [1.54, 1.807) is 11.6 Å². The van der Waals surface area contributed by atoms with Gasteiger partial charge in [0.2, 0.25) is 10.0 Å². The Bertz CT molecular complexity index is 688. The molecule has 0 saturated carbocycles. The molecule has 0 aliphatic carbocycles. The quantitative estimate of drug-likeness (QED) is 0.763. The van der Waals surface area contributed by atoms with Gasteiger partial charge in [-0.3, -0.25) is 4.79 Å². The van der Waals surface area contributed by atoms with E-state index >= 15 is 0 Å². The van der Waals surface area contributed by atoms with Crippen LogP contribution in [0.15, 0.2) is 17.2 Å². The van der Waals surface area contributed by atoms with Crippen molar-refractivity contribution in [2.24, 2.45) is 18.7 Å². The molecule has 1 saturated heterocycles. The molecule has 0 aromatic carbocycles. The number of halogens is 1. The first kappa shape index (κ1) is 22.0. The second-order valence-electron chi connectivity index (χ2n) is 6.80. The van der Waals surface area contributed by atoms with Crippen LogP contribution < -0.4 is 11.1 Å². The van der Waals surface area contributed by atoms with E-state index in [1.807, 2.05) is 6.92 Å². The number of carbonyl (C=O) groups excluding carboxylic acids is 1. The molecule has 1 fully saturated rings. The number of amides is 1. The number of aromatic nitrogens is 1. The van der Waals surface area contributed by atoms with Crippen LogP contribution in [0.5, 0.6) is 0 Å². The van der Waals surface area contributed by atoms with Crippen molar-refractivity contribution in [1.29, 1.82) is 0 Å². The minimum absolute atomic E-state index is 0. The molecule has 7 nitrogen and oxygen atoms in total. The van der Waals surface area contributed by atoms with Crippen molar-refractivity contribution >= 4 is 28.3 Å². The molecule has 3 N–H and O–H groups in total. The van der Waals surface area contributed by atoms with Crippen LogP contribution in [0.1, 0.15) is 43.6 Å². The fraction of sp³-hybridized carbons (Fsp3) is 0.688. The summed E-state index contributed by atoms with van der Waals surface area (Å²) >= 11 is 0. The van der Waals surface area contributed by atoms with Gasteiger partial charge in [-0.25, -0.2) is 8.42 Å². The summed E-state index contributed by atoms with van der Waals surface area (Å²) in [5, 5.41) is 2.77. The summed E-state index contributed by atoms with van der Waals surface area (Å²) in [7, 11) is -1.87. The van der Waals surface area contributed by atoms with E-state index < -0.39 is 10.0 Å².